The first-order valence-corrected chi connectivity index (χ1v) is 5.26. The highest BCUT2D eigenvalue weighted by atomic mass is 16.5. The van der Waals surface area contributed by atoms with Gasteiger partial charge < -0.3 is 9.84 Å². The number of ether oxygens (including phenoxy) is 1. The van der Waals surface area contributed by atoms with Crippen LogP contribution in [0.2, 0.25) is 0 Å². The first-order chi connectivity index (χ1) is 6.97. The number of carboxylic acid groups (broad SMARTS) is 1. The number of carbonyl (C=O) groups excluding carboxylic acids is 1. The van der Waals surface area contributed by atoms with E-state index in [4.69, 9.17) is 5.11 Å². The first kappa shape index (κ1) is 12.0. The Balaban J connectivity index is 2.68. The van der Waals surface area contributed by atoms with Crippen LogP contribution in [0, 0.1) is 11.3 Å². The fourth-order valence-electron chi connectivity index (χ4n) is 2.58. The Morgan fingerprint density at radius 3 is 2.53 bits per heavy atom. The van der Waals surface area contributed by atoms with E-state index < -0.39 is 5.97 Å². The zero-order chi connectivity index (χ0) is 11.5. The van der Waals surface area contributed by atoms with Crippen LogP contribution in [0.4, 0.5) is 0 Å². The number of hydrogen-bond acceptors (Lipinski definition) is 3. The van der Waals surface area contributed by atoms with Crippen molar-refractivity contribution in [1.29, 1.82) is 0 Å². The number of aliphatic carboxylic acids is 1. The van der Waals surface area contributed by atoms with Crippen molar-refractivity contribution in [3.05, 3.63) is 0 Å². The van der Waals surface area contributed by atoms with Crippen molar-refractivity contribution in [2.24, 2.45) is 11.3 Å². The summed E-state index contributed by atoms with van der Waals surface area (Å²) < 4.78 is 4.62. The average Bonchev–Trinajstić information content (AvgIpc) is 2.46. The fraction of sp³-hybridized carbons (Fsp3) is 0.818. The molecular weight excluding hydrogens is 196 g/mol. The maximum absolute atomic E-state index is 11.2. The van der Waals surface area contributed by atoms with Gasteiger partial charge in [0.2, 0.25) is 0 Å². The molecular formula is C11H18O4. The van der Waals surface area contributed by atoms with Crippen LogP contribution >= 0.6 is 0 Å². The van der Waals surface area contributed by atoms with Crippen LogP contribution in [-0.2, 0) is 14.3 Å². The highest BCUT2D eigenvalue weighted by molar-refractivity contribution is 5.73. The Morgan fingerprint density at radius 2 is 2.13 bits per heavy atom. The Labute approximate surface area is 89.6 Å². The molecule has 2 unspecified atom stereocenters. The van der Waals surface area contributed by atoms with E-state index in [1.165, 1.54) is 7.11 Å². The summed E-state index contributed by atoms with van der Waals surface area (Å²) in [6, 6.07) is 0. The monoisotopic (exact) mass is 214 g/mol. The topological polar surface area (TPSA) is 63.6 Å². The normalized spacial score (nSPS) is 30.1. The summed E-state index contributed by atoms with van der Waals surface area (Å²) in [5.74, 6) is -0.618. The van der Waals surface area contributed by atoms with Crippen LogP contribution in [0.5, 0.6) is 0 Å². The van der Waals surface area contributed by atoms with Gasteiger partial charge in [-0.1, -0.05) is 13.3 Å². The standard InChI is InChI=1S/C11H18O4/c1-8-3-4-11(5-8,6-9(12)13)7-10(14)15-2/h8H,3-7H2,1-2H3,(H,12,13). The van der Waals surface area contributed by atoms with Crippen LogP contribution in [0.1, 0.15) is 39.0 Å². The zero-order valence-corrected chi connectivity index (χ0v) is 9.28. The smallest absolute Gasteiger partial charge is 0.306 e. The van der Waals surface area contributed by atoms with Gasteiger partial charge in [0.25, 0.3) is 0 Å². The van der Waals surface area contributed by atoms with E-state index in [0.29, 0.717) is 5.92 Å². The highest BCUT2D eigenvalue weighted by Gasteiger charge is 2.41. The van der Waals surface area contributed by atoms with Crippen LogP contribution < -0.4 is 0 Å². The predicted molar refractivity (Wildman–Crippen MR) is 54.3 cm³/mol. The molecule has 1 fully saturated rings. The molecule has 4 heteroatoms. The lowest BCUT2D eigenvalue weighted by Crippen LogP contribution is -2.25. The van der Waals surface area contributed by atoms with Crippen LogP contribution in [0.25, 0.3) is 0 Å². The lowest BCUT2D eigenvalue weighted by atomic mass is 9.79. The van der Waals surface area contributed by atoms with E-state index >= 15 is 0 Å². The maximum Gasteiger partial charge on any atom is 0.306 e. The summed E-state index contributed by atoms with van der Waals surface area (Å²) in [4.78, 5) is 22.0. The van der Waals surface area contributed by atoms with Crippen molar-refractivity contribution in [2.45, 2.75) is 39.0 Å². The van der Waals surface area contributed by atoms with E-state index in [1.807, 2.05) is 0 Å². The third-order valence-corrected chi connectivity index (χ3v) is 3.22. The Bertz CT molecular complexity index is 261. The predicted octanol–water partition coefficient (Wildman–Crippen LogP) is 1.83. The molecule has 0 saturated heterocycles. The van der Waals surface area contributed by atoms with Gasteiger partial charge >= 0.3 is 11.9 Å². The van der Waals surface area contributed by atoms with Gasteiger partial charge in [0.1, 0.15) is 0 Å². The molecule has 1 aliphatic carbocycles. The summed E-state index contributed by atoms with van der Waals surface area (Å²) in [6.07, 6.45) is 2.95. The molecule has 2 atom stereocenters. The molecule has 0 aromatic rings. The van der Waals surface area contributed by atoms with Gasteiger partial charge in [-0.2, -0.15) is 0 Å². The molecule has 1 saturated carbocycles. The molecule has 0 amide bonds. The number of esters is 1. The van der Waals surface area contributed by atoms with Crippen molar-refractivity contribution >= 4 is 11.9 Å². The molecule has 0 bridgehead atoms. The van der Waals surface area contributed by atoms with E-state index in [1.54, 1.807) is 0 Å². The molecule has 0 radical (unpaired) electrons. The zero-order valence-electron chi connectivity index (χ0n) is 9.28. The summed E-state index contributed by atoms with van der Waals surface area (Å²) in [5, 5.41) is 8.86. The van der Waals surface area contributed by atoms with E-state index in [9.17, 15) is 9.59 Å². The van der Waals surface area contributed by atoms with Crippen LogP contribution in [0.3, 0.4) is 0 Å². The fourth-order valence-corrected chi connectivity index (χ4v) is 2.58. The Kier molecular flexibility index (Phi) is 3.72. The molecule has 0 heterocycles. The maximum atomic E-state index is 11.2. The van der Waals surface area contributed by atoms with Crippen LogP contribution in [-0.4, -0.2) is 24.2 Å². The first-order valence-electron chi connectivity index (χ1n) is 5.26. The molecule has 0 spiro atoms. The second kappa shape index (κ2) is 4.64. The lowest BCUT2D eigenvalue weighted by molar-refractivity contribution is -0.146. The minimum atomic E-state index is -0.826. The SMILES string of the molecule is COC(=O)CC1(CC(=O)O)CCC(C)C1. The van der Waals surface area contributed by atoms with Gasteiger partial charge in [0.05, 0.1) is 20.0 Å². The van der Waals surface area contributed by atoms with Gasteiger partial charge in [-0.3, -0.25) is 9.59 Å². The second-order valence-electron chi connectivity index (χ2n) is 4.67. The molecule has 1 aliphatic rings. The van der Waals surface area contributed by atoms with Crippen molar-refractivity contribution in [3.63, 3.8) is 0 Å². The van der Waals surface area contributed by atoms with Crippen molar-refractivity contribution in [1.82, 2.24) is 0 Å². The van der Waals surface area contributed by atoms with Gasteiger partial charge in [-0.05, 0) is 24.2 Å². The number of carbonyl (C=O) groups is 2. The summed E-state index contributed by atoms with van der Waals surface area (Å²) >= 11 is 0. The van der Waals surface area contributed by atoms with E-state index in [0.717, 1.165) is 19.3 Å². The minimum absolute atomic E-state index is 0.0758. The molecule has 0 aromatic heterocycles. The minimum Gasteiger partial charge on any atom is -0.481 e. The molecule has 0 aromatic carbocycles. The summed E-state index contributed by atoms with van der Waals surface area (Å²) in [6.45, 7) is 2.10. The molecule has 4 nitrogen and oxygen atoms in total. The number of hydrogen-bond donors (Lipinski definition) is 1. The van der Waals surface area contributed by atoms with Gasteiger partial charge in [0.15, 0.2) is 0 Å². The average molecular weight is 214 g/mol. The Hall–Kier alpha value is -1.06. The highest BCUT2D eigenvalue weighted by Crippen LogP contribution is 2.47. The van der Waals surface area contributed by atoms with Crippen LogP contribution in [0.15, 0.2) is 0 Å². The second-order valence-corrected chi connectivity index (χ2v) is 4.67. The molecule has 1 rings (SSSR count). The van der Waals surface area contributed by atoms with Gasteiger partial charge in [0, 0.05) is 0 Å². The molecule has 15 heavy (non-hydrogen) atoms. The van der Waals surface area contributed by atoms with Gasteiger partial charge in [-0.25, -0.2) is 0 Å². The quantitative estimate of drug-likeness (QED) is 0.725. The lowest BCUT2D eigenvalue weighted by Gasteiger charge is -2.25. The van der Waals surface area contributed by atoms with E-state index in [-0.39, 0.29) is 24.2 Å². The third kappa shape index (κ3) is 3.22. The third-order valence-electron chi connectivity index (χ3n) is 3.22. The van der Waals surface area contributed by atoms with Crippen molar-refractivity contribution < 1.29 is 19.4 Å². The molecule has 86 valence electrons. The largest absolute Gasteiger partial charge is 0.481 e. The van der Waals surface area contributed by atoms with E-state index in [2.05, 4.69) is 11.7 Å². The molecule has 0 aliphatic heterocycles. The summed E-state index contributed by atoms with van der Waals surface area (Å²) in [5.41, 5.74) is -0.363. The number of carboxylic acids is 1. The number of methoxy groups -OCH3 is 1. The van der Waals surface area contributed by atoms with Crippen molar-refractivity contribution in [3.8, 4) is 0 Å². The Morgan fingerprint density at radius 1 is 1.47 bits per heavy atom. The molecule has 1 N–H and O–H groups in total. The number of rotatable bonds is 4. The summed E-state index contributed by atoms with van der Waals surface area (Å²) in [7, 11) is 1.34. The van der Waals surface area contributed by atoms with Crippen molar-refractivity contribution in [2.75, 3.05) is 7.11 Å². The van der Waals surface area contributed by atoms with Gasteiger partial charge in [-0.15, -0.1) is 0 Å².